The Bertz CT molecular complexity index is 1600. The van der Waals surface area contributed by atoms with Gasteiger partial charge >= 0.3 is 5.97 Å². The van der Waals surface area contributed by atoms with Gasteiger partial charge in [-0.05, 0) is 35.2 Å². The number of phenols is 1. The third-order valence-corrected chi connectivity index (χ3v) is 8.01. The zero-order valence-electron chi connectivity index (χ0n) is 21.3. The Morgan fingerprint density at radius 1 is 0.975 bits per heavy atom. The second-order valence-electron chi connectivity index (χ2n) is 10.5. The van der Waals surface area contributed by atoms with Crippen LogP contribution >= 0.6 is 0 Å². The van der Waals surface area contributed by atoms with Gasteiger partial charge in [0.2, 0.25) is 11.4 Å². The highest BCUT2D eigenvalue weighted by Crippen LogP contribution is 2.56. The number of hydrogen-bond donors (Lipinski definition) is 7. The van der Waals surface area contributed by atoms with Gasteiger partial charge in [-0.3, -0.25) is 14.4 Å². The number of aliphatic hydroxyl groups excluding tert-OH is 2. The van der Waals surface area contributed by atoms with Crippen molar-refractivity contribution in [2.75, 3.05) is 0 Å². The van der Waals surface area contributed by atoms with Crippen molar-refractivity contribution in [3.05, 3.63) is 70.0 Å². The number of Topliss-reactive ketones (excluding diaryl/α,β-unsaturated/α-hetero) is 3. The molecule has 2 aromatic rings. The summed E-state index contributed by atoms with van der Waals surface area (Å²) in [4.78, 5) is 50.3. The van der Waals surface area contributed by atoms with Crippen LogP contribution < -0.4 is 0 Å². The van der Waals surface area contributed by atoms with Gasteiger partial charge in [0.1, 0.15) is 28.3 Å². The fraction of sp³-hybridized carbons (Fsp3) is 0.310. The molecule has 0 amide bonds. The normalized spacial score (nSPS) is 27.7. The number of fused-ring (bicyclic) bond motifs is 3. The predicted octanol–water partition coefficient (Wildman–Crippen LogP) is 1.90. The number of hydrogen-bond acceptors (Lipinski definition) is 10. The van der Waals surface area contributed by atoms with E-state index in [0.29, 0.717) is 29.5 Å². The van der Waals surface area contributed by atoms with E-state index in [2.05, 4.69) is 0 Å². The van der Waals surface area contributed by atoms with Crippen molar-refractivity contribution in [1.29, 1.82) is 0 Å². The van der Waals surface area contributed by atoms with Gasteiger partial charge in [-0.2, -0.15) is 0 Å². The van der Waals surface area contributed by atoms with E-state index in [1.54, 1.807) is 24.3 Å². The first kappa shape index (κ1) is 27.3. The average molecular weight is 551 g/mol. The maximum atomic E-state index is 13.7. The molecule has 208 valence electrons. The molecule has 1 saturated carbocycles. The van der Waals surface area contributed by atoms with Gasteiger partial charge in [0, 0.05) is 31.2 Å². The Kier molecular flexibility index (Phi) is 6.03. The third-order valence-electron chi connectivity index (χ3n) is 8.01. The molecule has 0 unspecified atom stereocenters. The monoisotopic (exact) mass is 550 g/mol. The second kappa shape index (κ2) is 8.85. The van der Waals surface area contributed by atoms with Crippen LogP contribution in [0.1, 0.15) is 54.1 Å². The highest BCUT2D eigenvalue weighted by atomic mass is 16.4. The number of carbonyl (C=O) groups excluding carboxylic acids is 3. The molecule has 2 aromatic carbocycles. The van der Waals surface area contributed by atoms with E-state index in [9.17, 15) is 54.9 Å². The first-order valence-electron chi connectivity index (χ1n) is 12.5. The number of rotatable bonds is 5. The van der Waals surface area contributed by atoms with Crippen LogP contribution in [0.25, 0.3) is 16.9 Å². The molecule has 7 N–H and O–H groups in total. The summed E-state index contributed by atoms with van der Waals surface area (Å²) in [5.74, 6) is -7.99. The van der Waals surface area contributed by atoms with E-state index in [4.69, 9.17) is 0 Å². The lowest BCUT2D eigenvalue weighted by atomic mass is 9.55. The number of phenolic OH excluding ortho intramolecular Hbond substituents is 1. The van der Waals surface area contributed by atoms with Crippen molar-refractivity contribution >= 4 is 29.1 Å². The van der Waals surface area contributed by atoms with Crippen LogP contribution in [0, 0.1) is 0 Å². The molecular formula is C29H26O11. The standard InChI is InChI=1S/C29H26O11/c1-2-4-17(30)14-6-3-5-13(9-14)15-7-8-18(31)20-16(15)10-27(38)12-28(39)11-19(32)21(26(36)37)24(34)29(28,40)25(35)22(27)23(20)33/h3,5-9,31,33-34,38-40H,2,4,10-12H2,1H3,(H,36,37)/t27-,28+,29-/m0/s1. The van der Waals surface area contributed by atoms with Gasteiger partial charge < -0.3 is 35.7 Å². The molecule has 0 aliphatic heterocycles. The number of carboxylic acid groups (broad SMARTS) is 1. The average Bonchev–Trinajstić information content (AvgIpc) is 2.86. The summed E-state index contributed by atoms with van der Waals surface area (Å²) >= 11 is 0. The van der Waals surface area contributed by atoms with Crippen LogP contribution in [-0.2, 0) is 20.8 Å². The molecular weight excluding hydrogens is 524 g/mol. The van der Waals surface area contributed by atoms with E-state index in [-0.39, 0.29) is 16.9 Å². The minimum atomic E-state index is -3.37. The topological polar surface area (TPSA) is 210 Å². The molecule has 0 spiro atoms. The fourth-order valence-corrected chi connectivity index (χ4v) is 6.19. The minimum absolute atomic E-state index is 0.101. The van der Waals surface area contributed by atoms with Gasteiger partial charge in [0.05, 0.1) is 11.1 Å². The summed E-state index contributed by atoms with van der Waals surface area (Å²) in [6.45, 7) is 1.86. The maximum Gasteiger partial charge on any atom is 0.342 e. The highest BCUT2D eigenvalue weighted by Gasteiger charge is 2.71. The van der Waals surface area contributed by atoms with Crippen molar-refractivity contribution in [3.63, 3.8) is 0 Å². The quantitative estimate of drug-likeness (QED) is 0.211. The van der Waals surface area contributed by atoms with E-state index >= 15 is 0 Å². The molecule has 3 aliphatic carbocycles. The van der Waals surface area contributed by atoms with E-state index < -0.39 is 82.0 Å². The molecule has 3 aliphatic rings. The Balaban J connectivity index is 1.74. The smallest absolute Gasteiger partial charge is 0.342 e. The Hall–Kier alpha value is -4.32. The summed E-state index contributed by atoms with van der Waals surface area (Å²) in [5.41, 5.74) is -9.59. The molecule has 0 saturated heterocycles. The van der Waals surface area contributed by atoms with Crippen LogP contribution in [-0.4, -0.2) is 75.9 Å². The molecule has 3 atom stereocenters. The predicted molar refractivity (Wildman–Crippen MR) is 137 cm³/mol. The molecule has 0 bridgehead atoms. The Morgan fingerprint density at radius 2 is 1.68 bits per heavy atom. The molecule has 0 radical (unpaired) electrons. The first-order valence-corrected chi connectivity index (χ1v) is 12.5. The number of aromatic hydroxyl groups is 1. The summed E-state index contributed by atoms with van der Waals surface area (Å²) in [7, 11) is 0. The van der Waals surface area contributed by atoms with Crippen LogP contribution in [0.5, 0.6) is 5.75 Å². The molecule has 1 fully saturated rings. The van der Waals surface area contributed by atoms with Crippen LogP contribution in [0.4, 0.5) is 0 Å². The maximum absolute atomic E-state index is 13.7. The molecule has 0 aromatic heterocycles. The van der Waals surface area contributed by atoms with Crippen molar-refractivity contribution in [2.45, 2.75) is 55.8 Å². The summed E-state index contributed by atoms with van der Waals surface area (Å²) in [6.07, 6.45) is -1.60. The van der Waals surface area contributed by atoms with Gasteiger partial charge in [0.15, 0.2) is 17.3 Å². The lowest BCUT2D eigenvalue weighted by Crippen LogP contribution is -2.72. The Morgan fingerprint density at radius 3 is 2.33 bits per heavy atom. The van der Waals surface area contributed by atoms with Gasteiger partial charge in [-0.25, -0.2) is 4.79 Å². The van der Waals surface area contributed by atoms with Crippen molar-refractivity contribution in [2.24, 2.45) is 0 Å². The molecule has 40 heavy (non-hydrogen) atoms. The van der Waals surface area contributed by atoms with E-state index in [0.717, 1.165) is 0 Å². The van der Waals surface area contributed by atoms with E-state index in [1.165, 1.54) is 12.1 Å². The number of carboxylic acids is 1. The molecule has 11 nitrogen and oxygen atoms in total. The summed E-state index contributed by atoms with van der Waals surface area (Å²) in [6, 6.07) is 9.29. The summed E-state index contributed by atoms with van der Waals surface area (Å²) in [5, 5.41) is 76.3. The summed E-state index contributed by atoms with van der Waals surface area (Å²) < 4.78 is 0. The molecule has 0 heterocycles. The fourth-order valence-electron chi connectivity index (χ4n) is 6.19. The first-order chi connectivity index (χ1) is 18.7. The van der Waals surface area contributed by atoms with Crippen molar-refractivity contribution in [1.82, 2.24) is 0 Å². The number of aliphatic hydroxyl groups is 5. The minimum Gasteiger partial charge on any atom is -0.508 e. The number of carbonyl (C=O) groups is 4. The van der Waals surface area contributed by atoms with Crippen LogP contribution in [0.15, 0.2) is 53.3 Å². The van der Waals surface area contributed by atoms with Gasteiger partial charge in [0.25, 0.3) is 0 Å². The lowest BCUT2D eigenvalue weighted by molar-refractivity contribution is -0.200. The SMILES string of the molecule is CCCC(=O)c1cccc(-c2ccc(O)c3c2C[C@]2(O)C[C@]4(O)CC(=O)C(C(=O)O)=C(O)[C@]4(O)C(=O)C2=C3O)c1. The Labute approximate surface area is 227 Å². The number of ketones is 3. The largest absolute Gasteiger partial charge is 0.508 e. The zero-order chi connectivity index (χ0) is 29.4. The number of benzene rings is 2. The highest BCUT2D eigenvalue weighted by molar-refractivity contribution is 6.22. The van der Waals surface area contributed by atoms with Gasteiger partial charge in [-0.1, -0.05) is 31.2 Å². The van der Waals surface area contributed by atoms with Crippen molar-refractivity contribution in [3.8, 4) is 16.9 Å². The zero-order valence-corrected chi connectivity index (χ0v) is 21.3. The second-order valence-corrected chi connectivity index (χ2v) is 10.5. The van der Waals surface area contributed by atoms with E-state index in [1.807, 2.05) is 6.92 Å². The third kappa shape index (κ3) is 3.55. The molecule has 5 rings (SSSR count). The van der Waals surface area contributed by atoms with Crippen LogP contribution in [0.3, 0.4) is 0 Å². The van der Waals surface area contributed by atoms with Gasteiger partial charge in [-0.15, -0.1) is 0 Å². The number of aliphatic carboxylic acids is 1. The molecule has 11 heteroatoms. The van der Waals surface area contributed by atoms with Crippen LogP contribution in [0.2, 0.25) is 0 Å². The lowest BCUT2D eigenvalue weighted by Gasteiger charge is -2.54. The van der Waals surface area contributed by atoms with Crippen molar-refractivity contribution < 1.29 is 54.9 Å².